The van der Waals surface area contributed by atoms with E-state index in [9.17, 15) is 14.9 Å². The SMILES string of the molecule is CCOc1ccc(-c2nc(NC(=O)COc3ccc([N+](=O)[O-])c(C)c3)sc2C)cc1. The summed E-state index contributed by atoms with van der Waals surface area (Å²) in [6.45, 7) is 5.86. The van der Waals surface area contributed by atoms with Gasteiger partial charge < -0.3 is 9.47 Å². The molecule has 0 unspecified atom stereocenters. The van der Waals surface area contributed by atoms with Crippen LogP contribution in [0.25, 0.3) is 11.3 Å². The molecule has 3 aromatic rings. The highest BCUT2D eigenvalue weighted by Crippen LogP contribution is 2.31. The van der Waals surface area contributed by atoms with Crippen LogP contribution in [0.5, 0.6) is 11.5 Å². The summed E-state index contributed by atoms with van der Waals surface area (Å²) < 4.78 is 10.9. The number of carbonyl (C=O) groups excluding carboxylic acids is 1. The third-order valence-electron chi connectivity index (χ3n) is 4.22. The van der Waals surface area contributed by atoms with Gasteiger partial charge in [0.1, 0.15) is 11.5 Å². The van der Waals surface area contributed by atoms with Crippen molar-refractivity contribution in [2.45, 2.75) is 20.8 Å². The molecule has 0 atom stereocenters. The number of nitro benzene ring substituents is 1. The topological polar surface area (TPSA) is 104 Å². The molecule has 1 heterocycles. The Hall–Kier alpha value is -3.46. The predicted molar refractivity (Wildman–Crippen MR) is 115 cm³/mol. The van der Waals surface area contributed by atoms with Crippen molar-refractivity contribution in [1.82, 2.24) is 4.98 Å². The molecule has 9 heteroatoms. The molecule has 30 heavy (non-hydrogen) atoms. The molecule has 0 fully saturated rings. The zero-order valence-electron chi connectivity index (χ0n) is 16.8. The van der Waals surface area contributed by atoms with E-state index in [0.29, 0.717) is 23.1 Å². The number of anilines is 1. The summed E-state index contributed by atoms with van der Waals surface area (Å²) in [6.07, 6.45) is 0. The molecule has 1 aromatic heterocycles. The first kappa shape index (κ1) is 21.3. The number of aromatic nitrogens is 1. The normalized spacial score (nSPS) is 10.5. The number of rotatable bonds is 8. The maximum atomic E-state index is 12.2. The molecule has 0 saturated heterocycles. The number of amides is 1. The van der Waals surface area contributed by atoms with E-state index in [1.165, 1.54) is 29.5 Å². The molecule has 0 radical (unpaired) electrons. The Balaban J connectivity index is 1.61. The fraction of sp³-hybridized carbons (Fsp3) is 0.238. The van der Waals surface area contributed by atoms with Crippen LogP contribution in [0.4, 0.5) is 10.8 Å². The highest BCUT2D eigenvalue weighted by atomic mass is 32.1. The van der Waals surface area contributed by atoms with Crippen molar-refractivity contribution >= 4 is 28.1 Å². The Kier molecular flexibility index (Phi) is 6.63. The zero-order valence-corrected chi connectivity index (χ0v) is 17.6. The van der Waals surface area contributed by atoms with Crippen molar-refractivity contribution in [1.29, 1.82) is 0 Å². The van der Waals surface area contributed by atoms with Gasteiger partial charge in [0, 0.05) is 22.1 Å². The fourth-order valence-electron chi connectivity index (χ4n) is 2.82. The lowest BCUT2D eigenvalue weighted by atomic mass is 10.1. The van der Waals surface area contributed by atoms with E-state index in [1.807, 2.05) is 38.1 Å². The molecule has 0 bridgehead atoms. The number of aryl methyl sites for hydroxylation is 2. The Morgan fingerprint density at radius 3 is 2.47 bits per heavy atom. The minimum atomic E-state index is -0.460. The van der Waals surface area contributed by atoms with Gasteiger partial charge in [-0.25, -0.2) is 4.98 Å². The second-order valence-corrected chi connectivity index (χ2v) is 7.63. The maximum Gasteiger partial charge on any atom is 0.272 e. The number of hydrogen-bond donors (Lipinski definition) is 1. The lowest BCUT2D eigenvalue weighted by Gasteiger charge is -2.07. The van der Waals surface area contributed by atoms with Crippen molar-refractivity contribution in [3.63, 3.8) is 0 Å². The third-order valence-corrected chi connectivity index (χ3v) is 5.10. The third kappa shape index (κ3) is 5.12. The Bertz CT molecular complexity index is 1060. The highest BCUT2D eigenvalue weighted by molar-refractivity contribution is 7.16. The summed E-state index contributed by atoms with van der Waals surface area (Å²) in [5.74, 6) is 0.818. The van der Waals surface area contributed by atoms with Crippen LogP contribution in [0.2, 0.25) is 0 Å². The first-order valence-electron chi connectivity index (χ1n) is 9.25. The van der Waals surface area contributed by atoms with Crippen molar-refractivity contribution in [3.8, 4) is 22.8 Å². The Labute approximate surface area is 177 Å². The van der Waals surface area contributed by atoms with Gasteiger partial charge in [-0.2, -0.15) is 0 Å². The monoisotopic (exact) mass is 427 g/mol. The van der Waals surface area contributed by atoms with Crippen molar-refractivity contribution in [3.05, 3.63) is 63.0 Å². The molecule has 0 aliphatic rings. The second-order valence-electron chi connectivity index (χ2n) is 6.42. The van der Waals surface area contributed by atoms with E-state index >= 15 is 0 Å². The Morgan fingerprint density at radius 1 is 1.13 bits per heavy atom. The molecule has 0 aliphatic heterocycles. The molecule has 1 N–H and O–H groups in total. The predicted octanol–water partition coefficient (Wildman–Crippen LogP) is 4.75. The van der Waals surface area contributed by atoms with Crippen LogP contribution >= 0.6 is 11.3 Å². The van der Waals surface area contributed by atoms with E-state index in [4.69, 9.17) is 9.47 Å². The number of ether oxygens (including phenoxy) is 2. The zero-order chi connectivity index (χ0) is 21.7. The average molecular weight is 427 g/mol. The van der Waals surface area contributed by atoms with Gasteiger partial charge in [0.15, 0.2) is 11.7 Å². The summed E-state index contributed by atoms with van der Waals surface area (Å²) in [6, 6.07) is 12.0. The lowest BCUT2D eigenvalue weighted by molar-refractivity contribution is -0.385. The van der Waals surface area contributed by atoms with Gasteiger partial charge in [-0.05, 0) is 57.2 Å². The largest absolute Gasteiger partial charge is 0.494 e. The summed E-state index contributed by atoms with van der Waals surface area (Å²) in [7, 11) is 0. The quantitative estimate of drug-likeness (QED) is 0.411. The lowest BCUT2D eigenvalue weighted by Crippen LogP contribution is -2.20. The number of carbonyl (C=O) groups is 1. The van der Waals surface area contributed by atoms with Crippen LogP contribution < -0.4 is 14.8 Å². The molecular formula is C21H21N3O5S. The fourth-order valence-corrected chi connectivity index (χ4v) is 3.67. The van der Waals surface area contributed by atoms with E-state index in [1.54, 1.807) is 6.92 Å². The Morgan fingerprint density at radius 2 is 1.83 bits per heavy atom. The molecule has 3 rings (SSSR count). The molecule has 1 amide bonds. The van der Waals surface area contributed by atoms with Gasteiger partial charge in [-0.15, -0.1) is 11.3 Å². The van der Waals surface area contributed by atoms with Crippen LogP contribution in [-0.2, 0) is 4.79 Å². The van der Waals surface area contributed by atoms with Gasteiger partial charge in [0.05, 0.1) is 17.2 Å². The van der Waals surface area contributed by atoms with Gasteiger partial charge in [-0.3, -0.25) is 20.2 Å². The van der Waals surface area contributed by atoms with Gasteiger partial charge in [-0.1, -0.05) is 0 Å². The molecular weight excluding hydrogens is 406 g/mol. The van der Waals surface area contributed by atoms with Gasteiger partial charge >= 0.3 is 0 Å². The second kappa shape index (κ2) is 9.36. The van der Waals surface area contributed by atoms with E-state index in [2.05, 4.69) is 10.3 Å². The molecule has 2 aromatic carbocycles. The van der Waals surface area contributed by atoms with Crippen LogP contribution in [0.3, 0.4) is 0 Å². The van der Waals surface area contributed by atoms with E-state index in [-0.39, 0.29) is 18.2 Å². The molecule has 0 spiro atoms. The first-order valence-corrected chi connectivity index (χ1v) is 10.1. The highest BCUT2D eigenvalue weighted by Gasteiger charge is 2.14. The number of nitrogens with zero attached hydrogens (tertiary/aromatic N) is 2. The van der Waals surface area contributed by atoms with Gasteiger partial charge in [0.25, 0.3) is 11.6 Å². The minimum absolute atomic E-state index is 0.00637. The average Bonchev–Trinajstić information content (AvgIpc) is 3.07. The van der Waals surface area contributed by atoms with Crippen LogP contribution in [0, 0.1) is 24.0 Å². The summed E-state index contributed by atoms with van der Waals surface area (Å²) >= 11 is 1.38. The number of nitro groups is 1. The standard InChI is InChI=1S/C21H21N3O5S/c1-4-28-16-7-5-15(6-8-16)20-14(3)30-21(23-20)22-19(25)12-29-17-9-10-18(24(26)27)13(2)11-17/h5-11H,4,12H2,1-3H3,(H,22,23,25). The molecule has 0 aliphatic carbocycles. The van der Waals surface area contributed by atoms with Crippen LogP contribution in [-0.4, -0.2) is 29.0 Å². The number of thiazole rings is 1. The van der Waals surface area contributed by atoms with E-state index in [0.717, 1.165) is 21.9 Å². The number of nitrogens with one attached hydrogen (secondary N) is 1. The summed E-state index contributed by atoms with van der Waals surface area (Å²) in [4.78, 5) is 28.1. The van der Waals surface area contributed by atoms with E-state index < -0.39 is 4.92 Å². The maximum absolute atomic E-state index is 12.2. The minimum Gasteiger partial charge on any atom is -0.494 e. The molecule has 8 nitrogen and oxygen atoms in total. The number of hydrogen-bond acceptors (Lipinski definition) is 7. The van der Waals surface area contributed by atoms with Crippen molar-refractivity contribution in [2.75, 3.05) is 18.5 Å². The number of benzene rings is 2. The molecule has 156 valence electrons. The van der Waals surface area contributed by atoms with Crippen LogP contribution in [0.1, 0.15) is 17.4 Å². The smallest absolute Gasteiger partial charge is 0.272 e. The van der Waals surface area contributed by atoms with Crippen LogP contribution in [0.15, 0.2) is 42.5 Å². The van der Waals surface area contributed by atoms with Crippen molar-refractivity contribution < 1.29 is 19.2 Å². The summed E-state index contributed by atoms with van der Waals surface area (Å²) in [5.41, 5.74) is 2.20. The van der Waals surface area contributed by atoms with Crippen molar-refractivity contribution in [2.24, 2.45) is 0 Å². The summed E-state index contributed by atoms with van der Waals surface area (Å²) in [5, 5.41) is 14.1. The molecule has 0 saturated carbocycles. The van der Waals surface area contributed by atoms with Gasteiger partial charge in [0.2, 0.25) is 0 Å². The first-order chi connectivity index (χ1) is 14.4.